The number of aliphatic hydroxyl groups is 8. The van der Waals surface area contributed by atoms with E-state index < -0.39 is 226 Å². The largest absolute Gasteiger partial charge is 0.530 e. The predicted molar refractivity (Wildman–Crippen MR) is 415 cm³/mol. The maximum Gasteiger partial charge on any atom is 0.530 e. The van der Waals surface area contributed by atoms with Gasteiger partial charge in [0.25, 0.3) is 23.4 Å². The van der Waals surface area contributed by atoms with Crippen molar-refractivity contribution >= 4 is 80.2 Å². The van der Waals surface area contributed by atoms with E-state index in [2.05, 4.69) is 58.1 Å². The molecule has 4 aromatic heterocycles. The lowest BCUT2D eigenvalue weighted by Crippen LogP contribution is -2.43. The number of para-hydroxylation sites is 4. The number of aliphatic hydroxyl groups excluding tert-OH is 8. The number of alkyl halides is 4. The van der Waals surface area contributed by atoms with E-state index in [4.69, 9.17) is 91.1 Å². The zero-order valence-electron chi connectivity index (χ0n) is 70.5. The molecule has 8 aliphatic rings. The summed E-state index contributed by atoms with van der Waals surface area (Å²) < 4.78 is 316. The summed E-state index contributed by atoms with van der Waals surface area (Å²) >= 11 is 18.2. The molecule has 12 N–H and O–H groups in total. The number of nitrogens with one attached hydrogen (secondary N) is 4. The van der Waals surface area contributed by atoms with Crippen LogP contribution < -0.4 is 59.8 Å². The van der Waals surface area contributed by atoms with Crippen molar-refractivity contribution in [2.45, 2.75) is 124 Å². The molecule has 128 heavy (non-hydrogen) atoms. The van der Waals surface area contributed by atoms with Crippen LogP contribution in [-0.2, 0) is 99.8 Å². The maximum absolute atomic E-state index is 15.8. The van der Waals surface area contributed by atoms with Crippen molar-refractivity contribution in [2.75, 3.05) is 54.8 Å². The van der Waals surface area contributed by atoms with Crippen molar-refractivity contribution in [1.82, 2.24) is 38.2 Å². The van der Waals surface area contributed by atoms with E-state index in [9.17, 15) is 95.9 Å². The summed E-state index contributed by atoms with van der Waals surface area (Å²) in [5, 5.41) is 81.9. The summed E-state index contributed by atoms with van der Waals surface area (Å²) in [5.74, 6) is -18.8. The number of fused-ring (bicyclic) bond motifs is 4. The summed E-state index contributed by atoms with van der Waals surface area (Å²) in [5.41, 5.74) is -3.04. The van der Waals surface area contributed by atoms with Crippen molar-refractivity contribution in [3.63, 3.8) is 0 Å². The van der Waals surface area contributed by atoms with Gasteiger partial charge in [-0.1, -0.05) is 97.4 Å². The number of rotatable bonds is 20. The van der Waals surface area contributed by atoms with Gasteiger partial charge in [-0.3, -0.25) is 74.4 Å². The standard InChI is InChI=1S/4C17H17F2N2O9PS/c4*1-26-10-4-2-3-8-6-27-31(25,30-12(8)10)28-7-17(19)13(23)11(22)15(29-17)21-5-9(18)14(32)20-16(21)24/h4*2-5,11,13,15,22-23H,6-7H2,1H3,(H,20,24,32)/t4*11-,13+,15-,17-,31?/m1111/s1/i7D2,15D;15D;7D2;. The molecule has 696 valence electrons. The lowest BCUT2D eigenvalue weighted by Gasteiger charge is -2.28. The normalized spacial score (nSPS) is 33.8. The second-order valence-corrected chi connectivity index (χ2v) is 34.7. The van der Waals surface area contributed by atoms with Gasteiger partial charge >= 0.3 is 54.0 Å². The van der Waals surface area contributed by atoms with Crippen LogP contribution in [0.4, 0.5) is 35.1 Å². The second-order valence-electron chi connectivity index (χ2n) is 26.9. The average Bonchev–Trinajstić information content (AvgIpc) is 1.55. The first-order chi connectivity index (χ1) is 62.5. The molecule has 16 rings (SSSR count). The maximum atomic E-state index is 15.8. The number of hydrogen-bond donors (Lipinski definition) is 12. The van der Waals surface area contributed by atoms with E-state index in [0.29, 0.717) is 56.2 Å². The first-order valence-electron chi connectivity index (χ1n) is 38.6. The average molecular weight is 1980 g/mol. The topological polar surface area (TPSA) is 566 Å². The Kier molecular flexibility index (Phi) is 26.2. The monoisotopic (exact) mass is 1980 g/mol. The summed E-state index contributed by atoms with van der Waals surface area (Å²) in [6.07, 6.45) is -28.3. The van der Waals surface area contributed by atoms with Gasteiger partial charge in [0.2, 0.25) is 0 Å². The lowest BCUT2D eigenvalue weighted by atomic mass is 10.1. The number of methoxy groups -OCH3 is 4. The fourth-order valence-corrected chi connectivity index (χ4v) is 17.4. The quantitative estimate of drug-likeness (QED) is 0.0212. The molecule has 0 amide bonds. The van der Waals surface area contributed by atoms with Crippen LogP contribution in [0, 0.1) is 41.8 Å². The summed E-state index contributed by atoms with van der Waals surface area (Å²) in [7, 11) is -13.4. The predicted octanol–water partition coefficient (Wildman–Crippen LogP) is 6.82. The zero-order valence-corrected chi connectivity index (χ0v) is 71.3. The molecule has 0 aliphatic carbocycles. The number of H-pyrrole nitrogens is 4. The Labute approximate surface area is 737 Å². The van der Waals surface area contributed by atoms with Gasteiger partial charge in [-0.05, 0) is 24.3 Å². The molecule has 8 aliphatic heterocycles. The molecule has 4 saturated heterocycles. The smallest absolute Gasteiger partial charge is 0.493 e. The van der Waals surface area contributed by atoms with Crippen LogP contribution in [0.3, 0.4) is 0 Å². The highest BCUT2D eigenvalue weighted by Gasteiger charge is 2.62. The molecular formula is C68H68F8N8O36P4S4. The number of halogens is 8. The number of aromatic nitrogens is 8. The Morgan fingerprint density at radius 1 is 0.398 bits per heavy atom. The van der Waals surface area contributed by atoms with Gasteiger partial charge in [-0.15, -0.1) is 0 Å². The highest BCUT2D eigenvalue weighted by Crippen LogP contribution is 2.62. The van der Waals surface area contributed by atoms with Crippen molar-refractivity contribution in [2.24, 2.45) is 0 Å². The molecule has 0 bridgehead atoms. The number of benzene rings is 4. The van der Waals surface area contributed by atoms with Gasteiger partial charge in [0.05, 0.1) is 87.9 Å². The first-order valence-corrected chi connectivity index (χ1v) is 43.1. The minimum Gasteiger partial charge on any atom is -0.493 e. The zero-order chi connectivity index (χ0) is 98.5. The fourth-order valence-electron chi connectivity index (χ4n) is 12.2. The van der Waals surface area contributed by atoms with E-state index in [0.717, 1.165) is 0 Å². The van der Waals surface area contributed by atoms with Crippen molar-refractivity contribution in [1.29, 1.82) is 0 Å². The number of hydrogen-bond acceptors (Lipinski definition) is 40. The Hall–Kier alpha value is -8.76. The van der Waals surface area contributed by atoms with Crippen LogP contribution in [0.25, 0.3) is 0 Å². The molecule has 60 heteroatoms. The van der Waals surface area contributed by atoms with Gasteiger partial charge in [-0.2, -0.15) is 0 Å². The van der Waals surface area contributed by atoms with Crippen LogP contribution in [0.2, 0.25) is 0 Å². The van der Waals surface area contributed by atoms with Crippen molar-refractivity contribution in [3.8, 4) is 46.0 Å². The highest BCUT2D eigenvalue weighted by molar-refractivity contribution is 7.72. The molecular weight excluding hydrogens is 1910 g/mol. The van der Waals surface area contributed by atoms with E-state index in [1.807, 2.05) is 19.9 Å². The Balaban J connectivity index is 0.000000152. The molecule has 4 aromatic carbocycles. The van der Waals surface area contributed by atoms with Crippen LogP contribution >= 0.6 is 80.2 Å². The molecule has 4 fully saturated rings. The van der Waals surface area contributed by atoms with Crippen LogP contribution in [-0.4, -0.2) is 206 Å². The number of ether oxygens (including phenoxy) is 8. The second kappa shape index (κ2) is 37.8. The van der Waals surface area contributed by atoms with Gasteiger partial charge in [0, 0.05) is 22.3 Å². The Morgan fingerprint density at radius 3 is 0.953 bits per heavy atom. The van der Waals surface area contributed by atoms with Gasteiger partial charge in [0.1, 0.15) is 93.7 Å². The summed E-state index contributed by atoms with van der Waals surface area (Å²) in [6.45, 7) is -11.5. The summed E-state index contributed by atoms with van der Waals surface area (Å²) in [4.78, 5) is 56.0. The molecule has 0 spiro atoms. The van der Waals surface area contributed by atoms with Gasteiger partial charge in [-0.25, -0.2) is 72.6 Å². The highest BCUT2D eigenvalue weighted by atomic mass is 32.1. The molecule has 4 unspecified atom stereocenters. The van der Waals surface area contributed by atoms with Crippen molar-refractivity contribution in [3.05, 3.63) is 204 Å². The fraction of sp³-hybridized carbons (Fsp3) is 0.412. The summed E-state index contributed by atoms with van der Waals surface area (Å²) in [6, 6.07) is 18.7. The molecule has 12 heterocycles. The third-order valence-corrected chi connectivity index (χ3v) is 24.8. The minimum absolute atomic E-state index is 0.0141. The van der Waals surface area contributed by atoms with E-state index >= 15 is 17.6 Å². The number of nitrogens with zero attached hydrogens (tertiary/aromatic N) is 4. The third kappa shape index (κ3) is 19.7. The number of phosphoric ester groups is 4. The van der Waals surface area contributed by atoms with Crippen LogP contribution in [0.15, 0.2) is 117 Å². The first kappa shape index (κ1) is 88.5. The molecule has 0 saturated carbocycles. The number of phosphoric acid groups is 4. The van der Waals surface area contributed by atoms with E-state index in [1.54, 1.807) is 42.5 Å². The van der Waals surface area contributed by atoms with Crippen LogP contribution in [0.1, 0.15) is 55.3 Å². The Morgan fingerprint density at radius 2 is 0.641 bits per heavy atom. The van der Waals surface area contributed by atoms with Crippen molar-refractivity contribution < 1.29 is 195 Å². The SMILES string of the molecule is COc1cccc2c1OP(=O)(OC[C@@]1(F)O[C@@H](n3cc(F)c(=S)[nH]c3=O)[C@H](O)[C@@H]1O)OC2.[2H]C([2H])(OP1(=O)OCc2cccc(OC)c2O1)[C@@]1(F)O[C@@H](n2cc(F)c(=S)[nH]c2=O)[C@H](O)[C@@H]1O.[2H]C([2H])(OP1(=O)OCc2cccc(OC)c2O1)[C@@]1(F)O[C@@]([2H])(n2cc(F)c(=S)[nH]c2=O)[C@H](O)[C@@H]1O.[2H][C@@]1(n2cc(F)c(=S)[nH]c2=O)O[C@](F)(COP2(=O)OCc3cccc(OC)c3O2)[C@@H](O)[C@H]1O. The molecule has 44 nitrogen and oxygen atoms in total. The third-order valence-electron chi connectivity index (χ3n) is 18.7. The van der Waals surface area contributed by atoms with Crippen LogP contribution in [0.5, 0.6) is 46.0 Å². The number of aromatic amines is 4. The van der Waals surface area contributed by atoms with E-state index in [1.165, 1.54) is 58.8 Å². The molecule has 0 radical (unpaired) electrons. The van der Waals surface area contributed by atoms with E-state index in [-0.39, 0.29) is 75.0 Å². The minimum atomic E-state index is -4.96. The van der Waals surface area contributed by atoms with Gasteiger partial charge < -0.3 is 96.8 Å². The molecule has 20 atom stereocenters. The Bertz CT molecular complexity index is 6600. The van der Waals surface area contributed by atoms with Gasteiger partial charge in [0.15, 0.2) is 94.1 Å². The molecule has 8 aromatic rings. The lowest BCUT2D eigenvalue weighted by molar-refractivity contribution is -0.205.